The Bertz CT molecular complexity index is 228. The van der Waals surface area contributed by atoms with Crippen LogP contribution in [0.5, 0.6) is 0 Å². The van der Waals surface area contributed by atoms with E-state index in [0.717, 1.165) is 11.5 Å². The Hall–Kier alpha value is -0.590. The first-order chi connectivity index (χ1) is 5.86. The van der Waals surface area contributed by atoms with E-state index >= 15 is 0 Å². The molecule has 0 radical (unpaired) electrons. The minimum Gasteiger partial charge on any atom is -0.337 e. The third-order valence-electron chi connectivity index (χ3n) is 1.15. The van der Waals surface area contributed by atoms with Crippen LogP contribution in [0.25, 0.3) is 0 Å². The molecule has 0 saturated carbocycles. The summed E-state index contributed by atoms with van der Waals surface area (Å²) in [6.45, 7) is 2.25. The average molecular weight is 189 g/mol. The van der Waals surface area contributed by atoms with E-state index in [4.69, 9.17) is 10.4 Å². The quantitative estimate of drug-likeness (QED) is 0.688. The molecule has 0 aliphatic heterocycles. The van der Waals surface area contributed by atoms with Gasteiger partial charge < -0.3 is 4.52 Å². The lowest BCUT2D eigenvalue weighted by Gasteiger charge is -1.88. The molecule has 0 aromatic carbocycles. The van der Waals surface area contributed by atoms with Crippen molar-refractivity contribution in [1.82, 2.24) is 10.1 Å². The van der Waals surface area contributed by atoms with Gasteiger partial charge in [-0.25, -0.2) is 5.90 Å². The van der Waals surface area contributed by atoms with Gasteiger partial charge >= 0.3 is 0 Å². The largest absolute Gasteiger partial charge is 0.337 e. The summed E-state index contributed by atoms with van der Waals surface area (Å²) in [6.07, 6.45) is 0. The highest BCUT2D eigenvalue weighted by Crippen LogP contribution is 2.08. The van der Waals surface area contributed by atoms with Crippen molar-refractivity contribution in [3.05, 3.63) is 11.7 Å². The van der Waals surface area contributed by atoms with E-state index in [-0.39, 0.29) is 6.61 Å². The minimum atomic E-state index is 0.170. The van der Waals surface area contributed by atoms with E-state index in [1.165, 1.54) is 0 Å². The van der Waals surface area contributed by atoms with Crippen LogP contribution < -0.4 is 5.90 Å². The molecule has 0 saturated heterocycles. The summed E-state index contributed by atoms with van der Waals surface area (Å²) in [6, 6.07) is 0. The van der Waals surface area contributed by atoms with Gasteiger partial charge in [0.15, 0.2) is 5.82 Å². The van der Waals surface area contributed by atoms with Gasteiger partial charge in [-0.15, -0.1) is 0 Å². The summed E-state index contributed by atoms with van der Waals surface area (Å²) in [5, 5.41) is 3.73. The summed E-state index contributed by atoms with van der Waals surface area (Å²) >= 11 is 1.74. The number of rotatable bonds is 5. The Balaban J connectivity index is 2.41. The fourth-order valence-corrected chi connectivity index (χ4v) is 1.18. The monoisotopic (exact) mass is 189 g/mol. The van der Waals surface area contributed by atoms with Gasteiger partial charge in [0.05, 0.1) is 5.75 Å². The molecule has 12 heavy (non-hydrogen) atoms. The molecule has 0 fully saturated rings. The molecule has 68 valence electrons. The minimum absolute atomic E-state index is 0.170. The summed E-state index contributed by atoms with van der Waals surface area (Å²) < 4.78 is 4.82. The van der Waals surface area contributed by atoms with Crippen molar-refractivity contribution in [2.24, 2.45) is 5.90 Å². The van der Waals surface area contributed by atoms with E-state index in [2.05, 4.69) is 21.9 Å². The molecule has 2 N–H and O–H groups in total. The fraction of sp³-hybridized carbons (Fsp3) is 0.667. The fourth-order valence-electron chi connectivity index (χ4n) is 0.672. The molecule has 5 nitrogen and oxygen atoms in total. The van der Waals surface area contributed by atoms with Crippen LogP contribution in [0.3, 0.4) is 0 Å². The molecule has 0 spiro atoms. The predicted molar refractivity (Wildman–Crippen MR) is 45.1 cm³/mol. The van der Waals surface area contributed by atoms with Crippen molar-refractivity contribution < 1.29 is 9.36 Å². The van der Waals surface area contributed by atoms with Crippen LogP contribution in [0.4, 0.5) is 0 Å². The molecule has 6 heteroatoms. The zero-order valence-electron chi connectivity index (χ0n) is 6.82. The molecular formula is C6H11N3O2S. The van der Waals surface area contributed by atoms with Gasteiger partial charge in [-0.05, 0) is 5.75 Å². The van der Waals surface area contributed by atoms with Gasteiger partial charge in [0.1, 0.15) is 6.61 Å². The summed E-state index contributed by atoms with van der Waals surface area (Å²) in [4.78, 5) is 8.38. The lowest BCUT2D eigenvalue weighted by Crippen LogP contribution is -1.98. The third-order valence-corrected chi connectivity index (χ3v) is 2.02. The molecule has 0 aliphatic carbocycles. The van der Waals surface area contributed by atoms with E-state index in [1.807, 2.05) is 0 Å². The van der Waals surface area contributed by atoms with Crippen molar-refractivity contribution >= 4 is 11.8 Å². The second-order valence-corrected chi connectivity index (χ2v) is 3.33. The molecular weight excluding hydrogens is 178 g/mol. The summed E-state index contributed by atoms with van der Waals surface area (Å²) in [7, 11) is 0. The van der Waals surface area contributed by atoms with E-state index < -0.39 is 0 Å². The van der Waals surface area contributed by atoms with Gasteiger partial charge in [0, 0.05) is 0 Å². The lowest BCUT2D eigenvalue weighted by molar-refractivity contribution is 0.0995. The Morgan fingerprint density at radius 3 is 3.17 bits per heavy atom. The van der Waals surface area contributed by atoms with Crippen molar-refractivity contribution in [3.63, 3.8) is 0 Å². The van der Waals surface area contributed by atoms with Gasteiger partial charge in [-0.3, -0.25) is 4.84 Å². The first-order valence-electron chi connectivity index (χ1n) is 3.57. The van der Waals surface area contributed by atoms with E-state index in [1.54, 1.807) is 11.8 Å². The first kappa shape index (κ1) is 9.50. The second-order valence-electron chi connectivity index (χ2n) is 2.05. The maximum atomic E-state index is 4.84. The highest BCUT2D eigenvalue weighted by molar-refractivity contribution is 7.98. The molecule has 0 amide bonds. The Morgan fingerprint density at radius 2 is 2.50 bits per heavy atom. The first-order valence-corrected chi connectivity index (χ1v) is 4.73. The normalized spacial score (nSPS) is 10.5. The zero-order valence-corrected chi connectivity index (χ0v) is 7.63. The number of hydrogen-bond donors (Lipinski definition) is 1. The van der Waals surface area contributed by atoms with Crippen LogP contribution >= 0.6 is 11.8 Å². The molecule has 1 aromatic heterocycles. The van der Waals surface area contributed by atoms with Crippen LogP contribution in [0.15, 0.2) is 4.52 Å². The van der Waals surface area contributed by atoms with Gasteiger partial charge in [-0.1, -0.05) is 12.1 Å². The van der Waals surface area contributed by atoms with Crippen LogP contribution in [-0.2, 0) is 17.2 Å². The summed E-state index contributed by atoms with van der Waals surface area (Å²) in [5.74, 6) is 7.75. The molecule has 0 aliphatic rings. The highest BCUT2D eigenvalue weighted by atomic mass is 32.2. The van der Waals surface area contributed by atoms with E-state index in [0.29, 0.717) is 11.7 Å². The van der Waals surface area contributed by atoms with Crippen molar-refractivity contribution in [2.75, 3.05) is 5.75 Å². The van der Waals surface area contributed by atoms with Gasteiger partial charge in [0.2, 0.25) is 0 Å². The average Bonchev–Trinajstić information content (AvgIpc) is 2.50. The number of nitrogens with two attached hydrogens (primary N) is 1. The Kier molecular flexibility index (Phi) is 4.06. The predicted octanol–water partition coefficient (Wildman–Crippen LogP) is 0.713. The van der Waals surface area contributed by atoms with Crippen molar-refractivity contribution in [3.8, 4) is 0 Å². The topological polar surface area (TPSA) is 74.2 Å². The standard InChI is InChI=1S/C6H11N3O2S/c1-2-12-4-5-8-6(3-10-7)11-9-5/h2-4,7H2,1H3. The SMILES string of the molecule is CCSCc1noc(CON)n1. The van der Waals surface area contributed by atoms with Crippen LogP contribution in [0, 0.1) is 0 Å². The number of aromatic nitrogens is 2. The van der Waals surface area contributed by atoms with Crippen LogP contribution in [0.1, 0.15) is 18.6 Å². The molecule has 0 unspecified atom stereocenters. The van der Waals surface area contributed by atoms with Crippen LogP contribution in [-0.4, -0.2) is 15.9 Å². The Labute approximate surface area is 74.6 Å². The Morgan fingerprint density at radius 1 is 1.67 bits per heavy atom. The van der Waals surface area contributed by atoms with Crippen LogP contribution in [0.2, 0.25) is 0 Å². The molecule has 1 heterocycles. The van der Waals surface area contributed by atoms with Gasteiger partial charge in [-0.2, -0.15) is 16.7 Å². The molecule has 0 atom stereocenters. The van der Waals surface area contributed by atoms with Gasteiger partial charge in [0.25, 0.3) is 5.89 Å². The zero-order chi connectivity index (χ0) is 8.81. The molecule has 1 rings (SSSR count). The maximum Gasteiger partial charge on any atom is 0.254 e. The second kappa shape index (κ2) is 5.13. The smallest absolute Gasteiger partial charge is 0.254 e. The number of nitrogens with zero attached hydrogens (tertiary/aromatic N) is 2. The van der Waals surface area contributed by atoms with Crippen molar-refractivity contribution in [1.29, 1.82) is 0 Å². The number of thioether (sulfide) groups is 1. The van der Waals surface area contributed by atoms with E-state index in [9.17, 15) is 0 Å². The number of hydrogen-bond acceptors (Lipinski definition) is 6. The van der Waals surface area contributed by atoms with Crippen molar-refractivity contribution in [2.45, 2.75) is 19.3 Å². The molecule has 1 aromatic rings. The maximum absolute atomic E-state index is 4.84. The summed E-state index contributed by atoms with van der Waals surface area (Å²) in [5.41, 5.74) is 0. The lowest BCUT2D eigenvalue weighted by atomic mass is 10.7. The third kappa shape index (κ3) is 2.80. The highest BCUT2D eigenvalue weighted by Gasteiger charge is 2.04. The molecule has 0 bridgehead atoms.